The lowest BCUT2D eigenvalue weighted by Gasteiger charge is -2.38. The Kier molecular flexibility index (Phi) is 7.39. The summed E-state index contributed by atoms with van der Waals surface area (Å²) in [5.41, 5.74) is 5.38. The molecule has 1 N–H and O–H groups in total. The van der Waals surface area contributed by atoms with Crippen LogP contribution < -0.4 is 19.7 Å². The van der Waals surface area contributed by atoms with Gasteiger partial charge in [0.1, 0.15) is 0 Å². The number of hydrogen-bond acceptors (Lipinski definition) is 6. The van der Waals surface area contributed by atoms with E-state index in [1.807, 2.05) is 36.4 Å². The molecule has 1 atom stereocenters. The van der Waals surface area contributed by atoms with E-state index in [0.717, 1.165) is 54.3 Å². The van der Waals surface area contributed by atoms with Crippen LogP contribution >= 0.6 is 0 Å². The van der Waals surface area contributed by atoms with Crippen molar-refractivity contribution in [2.24, 2.45) is 0 Å². The zero-order valence-corrected chi connectivity index (χ0v) is 20.9. The van der Waals surface area contributed by atoms with Crippen molar-refractivity contribution in [3.8, 4) is 11.5 Å². The van der Waals surface area contributed by atoms with Crippen molar-refractivity contribution in [1.82, 2.24) is 4.90 Å². The predicted molar refractivity (Wildman–Crippen MR) is 141 cm³/mol. The summed E-state index contributed by atoms with van der Waals surface area (Å²) in [6.45, 7) is 4.07. The van der Waals surface area contributed by atoms with Gasteiger partial charge in [0, 0.05) is 19.6 Å². The molecule has 1 fully saturated rings. The Morgan fingerprint density at radius 3 is 2.39 bits per heavy atom. The van der Waals surface area contributed by atoms with Gasteiger partial charge in [-0.15, -0.1) is 0 Å². The van der Waals surface area contributed by atoms with Gasteiger partial charge in [0.2, 0.25) is 5.91 Å². The van der Waals surface area contributed by atoms with E-state index in [1.165, 1.54) is 5.56 Å². The van der Waals surface area contributed by atoms with Crippen LogP contribution in [0.15, 0.2) is 66.7 Å². The summed E-state index contributed by atoms with van der Waals surface area (Å²) >= 11 is 0. The standard InChI is InChI=1S/C29H33N3O4/c1-34-26-18-22-12-13-32(29(21-8-4-3-5-9-21)23(22)19-27(26)35-2)20-28(33)30-24-10-6-7-11-25(24)31-14-16-36-17-15-31/h3-11,18-19,29H,12-17,20H2,1-2H3,(H,30,33)/t29-/m0/s1. The van der Waals surface area contributed by atoms with Crippen LogP contribution in [0.2, 0.25) is 0 Å². The van der Waals surface area contributed by atoms with Gasteiger partial charge in [0.05, 0.1) is 51.4 Å². The van der Waals surface area contributed by atoms with Crippen LogP contribution in [0.4, 0.5) is 11.4 Å². The SMILES string of the molecule is COc1cc2c(cc1OC)[C@H](c1ccccc1)N(CC(=O)Nc1ccccc1N1CCOCC1)CC2. The molecule has 0 radical (unpaired) electrons. The van der Waals surface area contributed by atoms with E-state index < -0.39 is 0 Å². The second kappa shape index (κ2) is 11.0. The monoisotopic (exact) mass is 487 g/mol. The quantitative estimate of drug-likeness (QED) is 0.541. The number of para-hydroxylation sites is 2. The molecule has 7 nitrogen and oxygen atoms in total. The Labute approximate surface area is 212 Å². The molecule has 0 spiro atoms. The molecule has 0 aromatic heterocycles. The molecule has 188 valence electrons. The largest absolute Gasteiger partial charge is 0.493 e. The Morgan fingerprint density at radius 1 is 0.944 bits per heavy atom. The van der Waals surface area contributed by atoms with Gasteiger partial charge < -0.3 is 24.4 Å². The molecule has 0 unspecified atom stereocenters. The smallest absolute Gasteiger partial charge is 0.238 e. The molecule has 3 aromatic rings. The topological polar surface area (TPSA) is 63.3 Å². The molecule has 3 aromatic carbocycles. The zero-order valence-electron chi connectivity index (χ0n) is 20.9. The fourth-order valence-corrected chi connectivity index (χ4v) is 5.23. The van der Waals surface area contributed by atoms with Gasteiger partial charge in [-0.25, -0.2) is 0 Å². The maximum absolute atomic E-state index is 13.4. The van der Waals surface area contributed by atoms with E-state index in [4.69, 9.17) is 14.2 Å². The third-order valence-electron chi connectivity index (χ3n) is 6.97. The van der Waals surface area contributed by atoms with Crippen molar-refractivity contribution >= 4 is 17.3 Å². The highest BCUT2D eigenvalue weighted by molar-refractivity contribution is 5.95. The molecule has 1 saturated heterocycles. The van der Waals surface area contributed by atoms with Crippen molar-refractivity contribution in [3.05, 3.63) is 83.4 Å². The van der Waals surface area contributed by atoms with Gasteiger partial charge in [-0.2, -0.15) is 0 Å². The molecule has 1 amide bonds. The first kappa shape index (κ1) is 24.2. The maximum Gasteiger partial charge on any atom is 0.238 e. The number of nitrogens with one attached hydrogen (secondary N) is 1. The van der Waals surface area contributed by atoms with E-state index in [0.29, 0.717) is 19.0 Å². The lowest BCUT2D eigenvalue weighted by atomic mass is 9.87. The third kappa shape index (κ3) is 5.03. The number of hydrogen-bond donors (Lipinski definition) is 1. The van der Waals surface area contributed by atoms with Crippen molar-refractivity contribution < 1.29 is 19.0 Å². The number of amides is 1. The summed E-state index contributed by atoms with van der Waals surface area (Å²) in [5, 5.41) is 3.18. The molecule has 7 heteroatoms. The van der Waals surface area contributed by atoms with Crippen LogP contribution in [0.3, 0.4) is 0 Å². The number of carbonyl (C=O) groups is 1. The molecule has 2 heterocycles. The van der Waals surface area contributed by atoms with Crippen LogP contribution in [0, 0.1) is 0 Å². The van der Waals surface area contributed by atoms with Crippen LogP contribution in [0.1, 0.15) is 22.7 Å². The van der Waals surface area contributed by atoms with Gasteiger partial charge in [-0.1, -0.05) is 42.5 Å². The van der Waals surface area contributed by atoms with E-state index in [-0.39, 0.29) is 18.5 Å². The molecule has 2 aliphatic heterocycles. The first-order valence-electron chi connectivity index (χ1n) is 12.4. The second-order valence-corrected chi connectivity index (χ2v) is 9.10. The summed E-state index contributed by atoms with van der Waals surface area (Å²) in [5.74, 6) is 1.40. The number of rotatable bonds is 7. The molecular formula is C29H33N3O4. The minimum atomic E-state index is -0.0602. The van der Waals surface area contributed by atoms with Crippen LogP contribution in [-0.2, 0) is 16.0 Å². The summed E-state index contributed by atoms with van der Waals surface area (Å²) in [6, 6.07) is 22.4. The van der Waals surface area contributed by atoms with Gasteiger partial charge in [-0.3, -0.25) is 9.69 Å². The number of fused-ring (bicyclic) bond motifs is 1. The average molecular weight is 488 g/mol. The van der Waals surface area contributed by atoms with Gasteiger partial charge in [0.15, 0.2) is 11.5 Å². The van der Waals surface area contributed by atoms with Crippen molar-refractivity contribution in [2.45, 2.75) is 12.5 Å². The first-order valence-corrected chi connectivity index (χ1v) is 12.4. The third-order valence-corrected chi connectivity index (χ3v) is 6.97. The Balaban J connectivity index is 1.41. The molecule has 2 aliphatic rings. The van der Waals surface area contributed by atoms with Crippen molar-refractivity contribution in [3.63, 3.8) is 0 Å². The predicted octanol–water partition coefficient (Wildman–Crippen LogP) is 4.13. The van der Waals surface area contributed by atoms with Crippen LogP contribution in [0.25, 0.3) is 0 Å². The minimum absolute atomic E-state index is 0.0273. The van der Waals surface area contributed by atoms with Crippen molar-refractivity contribution in [1.29, 1.82) is 0 Å². The Hall–Kier alpha value is -3.55. The van der Waals surface area contributed by atoms with Gasteiger partial charge in [-0.05, 0) is 47.4 Å². The minimum Gasteiger partial charge on any atom is -0.493 e. The normalized spacial score (nSPS) is 17.8. The zero-order chi connectivity index (χ0) is 24.9. The Morgan fingerprint density at radius 2 is 1.64 bits per heavy atom. The van der Waals surface area contributed by atoms with Gasteiger partial charge >= 0.3 is 0 Å². The summed E-state index contributed by atoms with van der Waals surface area (Å²) in [6.07, 6.45) is 0.830. The average Bonchev–Trinajstić information content (AvgIpc) is 2.93. The van der Waals surface area contributed by atoms with Gasteiger partial charge in [0.25, 0.3) is 0 Å². The van der Waals surface area contributed by atoms with Crippen LogP contribution in [-0.4, -0.2) is 64.4 Å². The lowest BCUT2D eigenvalue weighted by molar-refractivity contribution is -0.117. The number of carbonyl (C=O) groups excluding carboxylic acids is 1. The molecule has 36 heavy (non-hydrogen) atoms. The van der Waals surface area contributed by atoms with E-state index >= 15 is 0 Å². The summed E-state index contributed by atoms with van der Waals surface area (Å²) in [4.78, 5) is 17.9. The molecule has 0 saturated carbocycles. The lowest BCUT2D eigenvalue weighted by Crippen LogP contribution is -2.41. The number of morpholine rings is 1. The second-order valence-electron chi connectivity index (χ2n) is 9.10. The molecular weight excluding hydrogens is 454 g/mol. The number of anilines is 2. The van der Waals surface area contributed by atoms with Crippen molar-refractivity contribution in [2.75, 3.05) is 63.8 Å². The summed E-state index contributed by atoms with van der Waals surface area (Å²) < 4.78 is 16.7. The highest BCUT2D eigenvalue weighted by atomic mass is 16.5. The molecule has 0 aliphatic carbocycles. The van der Waals surface area contributed by atoms with E-state index in [9.17, 15) is 4.79 Å². The highest BCUT2D eigenvalue weighted by Crippen LogP contribution is 2.41. The number of methoxy groups -OCH3 is 2. The Bertz CT molecular complexity index is 1190. The van der Waals surface area contributed by atoms with E-state index in [2.05, 4.69) is 45.4 Å². The maximum atomic E-state index is 13.4. The van der Waals surface area contributed by atoms with E-state index in [1.54, 1.807) is 14.2 Å². The molecule has 5 rings (SSSR count). The number of benzene rings is 3. The number of nitrogens with zero attached hydrogens (tertiary/aromatic N) is 2. The fraction of sp³-hybridized carbons (Fsp3) is 0.345. The molecule has 0 bridgehead atoms. The first-order chi connectivity index (χ1) is 17.7. The highest BCUT2D eigenvalue weighted by Gasteiger charge is 2.31. The fourth-order valence-electron chi connectivity index (χ4n) is 5.23. The van der Waals surface area contributed by atoms with Crippen LogP contribution in [0.5, 0.6) is 11.5 Å². The number of ether oxygens (including phenoxy) is 3. The summed E-state index contributed by atoms with van der Waals surface area (Å²) in [7, 11) is 3.31.